The summed E-state index contributed by atoms with van der Waals surface area (Å²) in [6, 6.07) is 57.3. The summed E-state index contributed by atoms with van der Waals surface area (Å²) in [5, 5.41) is 2.29. The van der Waals surface area contributed by atoms with Gasteiger partial charge in [0.15, 0.2) is 0 Å². The number of para-hydroxylation sites is 1. The molecule has 58 heavy (non-hydrogen) atoms. The van der Waals surface area contributed by atoms with E-state index < -0.39 is 0 Å². The van der Waals surface area contributed by atoms with Crippen molar-refractivity contribution in [2.45, 2.75) is 63.2 Å². The maximum Gasteiger partial charge on any atom is 0.137 e. The van der Waals surface area contributed by atoms with Crippen LogP contribution in [-0.4, -0.2) is 0 Å². The maximum absolute atomic E-state index is 6.45. The molecule has 1 aromatic heterocycles. The molecule has 7 aromatic carbocycles. The van der Waals surface area contributed by atoms with Crippen molar-refractivity contribution in [3.63, 3.8) is 0 Å². The molecule has 13 rings (SSSR count). The van der Waals surface area contributed by atoms with Crippen LogP contribution in [0.3, 0.4) is 0 Å². The van der Waals surface area contributed by atoms with Gasteiger partial charge in [-0.05, 0) is 160 Å². The molecule has 5 aliphatic carbocycles. The van der Waals surface area contributed by atoms with E-state index in [1.54, 1.807) is 11.1 Å². The van der Waals surface area contributed by atoms with Gasteiger partial charge in [-0.2, -0.15) is 0 Å². The Bertz CT molecular complexity index is 2980. The Kier molecular flexibility index (Phi) is 6.77. The molecule has 5 atom stereocenters. The molecule has 0 aliphatic heterocycles. The van der Waals surface area contributed by atoms with Crippen molar-refractivity contribution in [2.24, 2.45) is 23.7 Å². The van der Waals surface area contributed by atoms with Crippen LogP contribution in [0.15, 0.2) is 156 Å². The van der Waals surface area contributed by atoms with Gasteiger partial charge in [-0.25, -0.2) is 0 Å². The van der Waals surface area contributed by atoms with Gasteiger partial charge in [-0.1, -0.05) is 117 Å². The molecule has 5 unspecified atom stereocenters. The molecule has 3 bridgehead atoms. The van der Waals surface area contributed by atoms with Gasteiger partial charge in [0.1, 0.15) is 11.2 Å². The van der Waals surface area contributed by atoms with Crippen LogP contribution < -0.4 is 4.90 Å². The fraction of sp³-hybridized carbons (Fsp3) is 0.250. The zero-order valence-corrected chi connectivity index (χ0v) is 33.3. The van der Waals surface area contributed by atoms with Crippen molar-refractivity contribution in [2.75, 3.05) is 4.90 Å². The van der Waals surface area contributed by atoms with E-state index in [0.29, 0.717) is 0 Å². The number of benzene rings is 7. The van der Waals surface area contributed by atoms with Crippen molar-refractivity contribution in [1.82, 2.24) is 0 Å². The van der Waals surface area contributed by atoms with Crippen molar-refractivity contribution in [3.05, 3.63) is 174 Å². The topological polar surface area (TPSA) is 16.4 Å². The van der Waals surface area contributed by atoms with E-state index in [9.17, 15) is 0 Å². The molecule has 2 nitrogen and oxygen atoms in total. The SMILES string of the molecule is CC1(C)c2ccccc2-c2ccc(N(c3ccc(-c4ccc5c(c4)-c4ccccc4C54CC5CCC6CC5CC4C6)cc3)c3ccc4c(c3)oc3ccccc34)cc21. The highest BCUT2D eigenvalue weighted by molar-refractivity contribution is 6.06. The van der Waals surface area contributed by atoms with Gasteiger partial charge in [0.2, 0.25) is 0 Å². The van der Waals surface area contributed by atoms with Gasteiger partial charge in [-0.15, -0.1) is 0 Å². The van der Waals surface area contributed by atoms with Crippen LogP contribution in [0.1, 0.15) is 74.6 Å². The predicted molar refractivity (Wildman–Crippen MR) is 239 cm³/mol. The number of rotatable bonds is 4. The molecule has 1 spiro atoms. The first-order valence-electron chi connectivity index (χ1n) is 21.7. The van der Waals surface area contributed by atoms with E-state index in [4.69, 9.17) is 4.42 Å². The molecule has 8 aromatic rings. The molecular weight excluding hydrogens is 703 g/mol. The number of furan rings is 1. The van der Waals surface area contributed by atoms with E-state index in [1.165, 1.54) is 83.0 Å². The molecule has 5 aliphatic rings. The summed E-state index contributed by atoms with van der Waals surface area (Å²) in [6.07, 6.45) is 8.56. The lowest BCUT2D eigenvalue weighted by molar-refractivity contribution is -0.0103. The summed E-state index contributed by atoms with van der Waals surface area (Å²) < 4.78 is 6.45. The van der Waals surface area contributed by atoms with Crippen molar-refractivity contribution in [1.29, 1.82) is 0 Å². The second-order valence-electron chi connectivity index (χ2n) is 18.9. The molecule has 1 heterocycles. The van der Waals surface area contributed by atoms with Gasteiger partial charge in [0.25, 0.3) is 0 Å². The Morgan fingerprint density at radius 3 is 2.03 bits per heavy atom. The van der Waals surface area contributed by atoms with Crippen molar-refractivity contribution < 1.29 is 4.42 Å². The first-order chi connectivity index (χ1) is 28.4. The summed E-state index contributed by atoms with van der Waals surface area (Å²) in [4.78, 5) is 2.41. The van der Waals surface area contributed by atoms with Crippen LogP contribution in [0.4, 0.5) is 17.1 Å². The minimum absolute atomic E-state index is 0.0964. The number of hydrogen-bond donors (Lipinski definition) is 0. The second kappa shape index (κ2) is 11.9. The number of anilines is 3. The summed E-state index contributed by atoms with van der Waals surface area (Å²) >= 11 is 0. The Morgan fingerprint density at radius 2 is 1.16 bits per heavy atom. The van der Waals surface area contributed by atoms with Crippen molar-refractivity contribution >= 4 is 39.0 Å². The Labute approximate surface area is 341 Å². The number of fused-ring (bicyclic) bond motifs is 14. The first-order valence-corrected chi connectivity index (χ1v) is 21.7. The Morgan fingerprint density at radius 1 is 0.483 bits per heavy atom. The monoisotopic (exact) mass is 749 g/mol. The molecule has 0 saturated heterocycles. The molecule has 3 fully saturated rings. The summed E-state index contributed by atoms with van der Waals surface area (Å²) in [6.45, 7) is 4.73. The van der Waals surface area contributed by atoms with Gasteiger partial charge in [-0.3, -0.25) is 0 Å². The summed E-state index contributed by atoms with van der Waals surface area (Å²) in [5.74, 6) is 3.54. The average Bonchev–Trinajstić information content (AvgIpc) is 3.85. The Balaban J connectivity index is 0.917. The highest BCUT2D eigenvalue weighted by Gasteiger charge is 2.57. The third-order valence-corrected chi connectivity index (χ3v) is 15.8. The number of nitrogens with zero attached hydrogens (tertiary/aromatic N) is 1. The second-order valence-corrected chi connectivity index (χ2v) is 18.9. The van der Waals surface area contributed by atoms with Crippen LogP contribution in [-0.2, 0) is 10.8 Å². The lowest BCUT2D eigenvalue weighted by Gasteiger charge is -2.57. The van der Waals surface area contributed by atoms with E-state index in [1.807, 2.05) is 6.07 Å². The van der Waals surface area contributed by atoms with Crippen LogP contribution >= 0.6 is 0 Å². The fourth-order valence-corrected chi connectivity index (χ4v) is 13.2. The lowest BCUT2D eigenvalue weighted by Crippen LogP contribution is -2.50. The highest BCUT2D eigenvalue weighted by atomic mass is 16.3. The van der Waals surface area contributed by atoms with Gasteiger partial charge in [0, 0.05) is 44.7 Å². The summed E-state index contributed by atoms with van der Waals surface area (Å²) in [7, 11) is 0. The average molecular weight is 750 g/mol. The predicted octanol–water partition coefficient (Wildman–Crippen LogP) is 15.1. The molecule has 2 heteroatoms. The van der Waals surface area contributed by atoms with Gasteiger partial charge >= 0.3 is 0 Å². The van der Waals surface area contributed by atoms with E-state index in [2.05, 4.69) is 164 Å². The van der Waals surface area contributed by atoms with E-state index >= 15 is 0 Å². The number of hydrogen-bond acceptors (Lipinski definition) is 2. The fourth-order valence-electron chi connectivity index (χ4n) is 13.2. The smallest absolute Gasteiger partial charge is 0.137 e. The molecule has 3 saturated carbocycles. The van der Waals surface area contributed by atoms with Gasteiger partial charge < -0.3 is 9.32 Å². The van der Waals surface area contributed by atoms with Crippen molar-refractivity contribution in [3.8, 4) is 33.4 Å². The van der Waals surface area contributed by atoms with E-state index in [0.717, 1.165) is 62.7 Å². The van der Waals surface area contributed by atoms with Crippen LogP contribution in [0.5, 0.6) is 0 Å². The normalized spacial score (nSPS) is 24.2. The molecular formula is C56H47NO. The Hall–Kier alpha value is -5.86. The van der Waals surface area contributed by atoms with Crippen LogP contribution in [0.25, 0.3) is 55.3 Å². The maximum atomic E-state index is 6.45. The summed E-state index contributed by atoms with van der Waals surface area (Å²) in [5.41, 5.74) is 19.4. The minimum Gasteiger partial charge on any atom is -0.456 e. The molecule has 282 valence electrons. The zero-order chi connectivity index (χ0) is 38.3. The quantitative estimate of drug-likeness (QED) is 0.178. The third kappa shape index (κ3) is 4.49. The lowest BCUT2D eigenvalue weighted by atomic mass is 9.47. The molecule has 0 radical (unpaired) electrons. The van der Waals surface area contributed by atoms with Crippen LogP contribution in [0.2, 0.25) is 0 Å². The largest absolute Gasteiger partial charge is 0.456 e. The zero-order valence-electron chi connectivity index (χ0n) is 33.3. The van der Waals surface area contributed by atoms with Gasteiger partial charge in [0.05, 0.1) is 0 Å². The highest BCUT2D eigenvalue weighted by Crippen LogP contribution is 2.66. The standard InChI is InChI=1S/C56H47NO/c1-55(2)49-12-6-3-9-43(49)45-24-22-41(31-52(45)55)57(42-23-25-47-46-11-5-8-14-53(46)58-54(47)32-42)40-20-17-35(18-21-40)36-19-26-51-48(30-36)44-10-4-7-13-50(44)56(51)33-37-16-15-34-27-38(37)29-39(56)28-34/h3-14,17-26,30-32,34,37-39H,15-16,27-29,33H2,1-2H3. The molecule has 0 amide bonds. The molecule has 0 N–H and O–H groups in total. The first kappa shape index (κ1) is 33.1. The third-order valence-electron chi connectivity index (χ3n) is 15.8. The minimum atomic E-state index is -0.0964. The van der Waals surface area contributed by atoms with E-state index in [-0.39, 0.29) is 10.8 Å². The van der Waals surface area contributed by atoms with Crippen LogP contribution in [0, 0.1) is 23.7 Å².